The normalized spacial score (nSPS) is 20.8. The third kappa shape index (κ3) is 4.12. The fourth-order valence-corrected chi connectivity index (χ4v) is 2.07. The van der Waals surface area contributed by atoms with E-state index in [4.69, 9.17) is 10.7 Å². The van der Waals surface area contributed by atoms with Crippen LogP contribution >= 0.6 is 10.7 Å². The molecule has 1 saturated carbocycles. The lowest BCUT2D eigenvalue weighted by Crippen LogP contribution is -1.94. The molecule has 0 unspecified atom stereocenters. The second-order valence-corrected chi connectivity index (χ2v) is 6.00. The molecule has 0 aliphatic heterocycles. The van der Waals surface area contributed by atoms with Crippen molar-refractivity contribution in [3.05, 3.63) is 12.2 Å². The molecule has 0 heterocycles. The minimum atomic E-state index is -3.33. The second-order valence-electron chi connectivity index (χ2n) is 3.18. The summed E-state index contributed by atoms with van der Waals surface area (Å²) < 4.78 is 21.0. The molecule has 12 heavy (non-hydrogen) atoms. The SMILES string of the molecule is O=S(=O)(Cl)C/C=C/C1CCCC1. The van der Waals surface area contributed by atoms with Crippen molar-refractivity contribution in [2.75, 3.05) is 5.75 Å². The van der Waals surface area contributed by atoms with Crippen LogP contribution in [0.5, 0.6) is 0 Å². The number of hydrogen-bond acceptors (Lipinski definition) is 2. The zero-order valence-electron chi connectivity index (χ0n) is 6.87. The van der Waals surface area contributed by atoms with Crippen molar-refractivity contribution in [3.63, 3.8) is 0 Å². The van der Waals surface area contributed by atoms with Gasteiger partial charge < -0.3 is 0 Å². The van der Waals surface area contributed by atoms with Crippen LogP contribution < -0.4 is 0 Å². The smallest absolute Gasteiger partial charge is 0.212 e. The maximum Gasteiger partial charge on any atom is 0.236 e. The minimum absolute atomic E-state index is 0.0367. The Labute approximate surface area is 78.0 Å². The van der Waals surface area contributed by atoms with E-state index in [1.54, 1.807) is 6.08 Å². The van der Waals surface area contributed by atoms with Crippen LogP contribution in [0.3, 0.4) is 0 Å². The van der Waals surface area contributed by atoms with E-state index < -0.39 is 9.05 Å². The number of allylic oxidation sites excluding steroid dienone is 1. The molecule has 2 nitrogen and oxygen atoms in total. The summed E-state index contributed by atoms with van der Waals surface area (Å²) in [5.74, 6) is 0.550. The summed E-state index contributed by atoms with van der Waals surface area (Å²) in [7, 11) is 1.71. The summed E-state index contributed by atoms with van der Waals surface area (Å²) in [4.78, 5) is 0. The summed E-state index contributed by atoms with van der Waals surface area (Å²) in [6.45, 7) is 0. The molecule has 70 valence electrons. The molecule has 0 aromatic rings. The summed E-state index contributed by atoms with van der Waals surface area (Å²) in [6.07, 6.45) is 8.56. The van der Waals surface area contributed by atoms with Crippen molar-refractivity contribution in [1.82, 2.24) is 0 Å². The van der Waals surface area contributed by atoms with Crippen molar-refractivity contribution in [2.24, 2.45) is 5.92 Å². The van der Waals surface area contributed by atoms with Crippen molar-refractivity contribution < 1.29 is 8.42 Å². The summed E-state index contributed by atoms with van der Waals surface area (Å²) in [5.41, 5.74) is 0. The minimum Gasteiger partial charge on any atom is -0.212 e. The van der Waals surface area contributed by atoms with Gasteiger partial charge in [-0.15, -0.1) is 0 Å². The Hall–Kier alpha value is -0.0200. The van der Waals surface area contributed by atoms with E-state index in [1.165, 1.54) is 25.7 Å². The van der Waals surface area contributed by atoms with Crippen molar-refractivity contribution in [1.29, 1.82) is 0 Å². The average molecular weight is 209 g/mol. The van der Waals surface area contributed by atoms with Gasteiger partial charge in [0.25, 0.3) is 0 Å². The molecular formula is C8H13ClO2S. The molecule has 0 N–H and O–H groups in total. The van der Waals surface area contributed by atoms with Crippen LogP contribution in [0.25, 0.3) is 0 Å². The fraction of sp³-hybridized carbons (Fsp3) is 0.750. The third-order valence-electron chi connectivity index (χ3n) is 2.10. The molecule has 1 aliphatic rings. The van der Waals surface area contributed by atoms with Crippen LogP contribution in [0.4, 0.5) is 0 Å². The summed E-state index contributed by atoms with van der Waals surface area (Å²) in [6, 6.07) is 0. The maximum absolute atomic E-state index is 10.5. The topological polar surface area (TPSA) is 34.1 Å². The number of halogens is 1. The van der Waals surface area contributed by atoms with Gasteiger partial charge in [-0.3, -0.25) is 0 Å². The highest BCUT2D eigenvalue weighted by atomic mass is 35.7. The molecule has 1 fully saturated rings. The van der Waals surface area contributed by atoms with E-state index >= 15 is 0 Å². The molecule has 1 aliphatic carbocycles. The molecule has 0 spiro atoms. The molecule has 0 atom stereocenters. The van der Waals surface area contributed by atoms with E-state index in [9.17, 15) is 8.42 Å². The maximum atomic E-state index is 10.5. The lowest BCUT2D eigenvalue weighted by atomic mass is 10.1. The van der Waals surface area contributed by atoms with Gasteiger partial charge in [-0.1, -0.05) is 25.0 Å². The van der Waals surface area contributed by atoms with Gasteiger partial charge in [0.05, 0.1) is 5.75 Å². The zero-order chi connectivity index (χ0) is 9.03. The Balaban J connectivity index is 2.30. The first-order chi connectivity index (χ1) is 5.58. The Morgan fingerprint density at radius 1 is 1.33 bits per heavy atom. The van der Waals surface area contributed by atoms with Crippen LogP contribution in [-0.4, -0.2) is 14.2 Å². The monoisotopic (exact) mass is 208 g/mol. The highest BCUT2D eigenvalue weighted by Gasteiger charge is 2.11. The van der Waals surface area contributed by atoms with Crippen LogP contribution in [0.2, 0.25) is 0 Å². The first-order valence-electron chi connectivity index (χ1n) is 4.17. The molecule has 0 saturated heterocycles. The lowest BCUT2D eigenvalue weighted by Gasteiger charge is -1.98. The average Bonchev–Trinajstić information content (AvgIpc) is 2.36. The van der Waals surface area contributed by atoms with Gasteiger partial charge in [0.15, 0.2) is 0 Å². The van der Waals surface area contributed by atoms with Crippen LogP contribution in [-0.2, 0) is 9.05 Å². The molecule has 0 bridgehead atoms. The van der Waals surface area contributed by atoms with Gasteiger partial charge >= 0.3 is 0 Å². The first-order valence-corrected chi connectivity index (χ1v) is 6.65. The Kier molecular flexibility index (Phi) is 3.59. The highest BCUT2D eigenvalue weighted by Crippen LogP contribution is 2.25. The van der Waals surface area contributed by atoms with Gasteiger partial charge in [0.1, 0.15) is 0 Å². The molecule has 1 rings (SSSR count). The van der Waals surface area contributed by atoms with Gasteiger partial charge in [-0.05, 0) is 18.8 Å². The lowest BCUT2D eigenvalue weighted by molar-refractivity contribution is 0.612. The van der Waals surface area contributed by atoms with Gasteiger partial charge in [-0.2, -0.15) is 0 Å². The van der Waals surface area contributed by atoms with Gasteiger partial charge in [0.2, 0.25) is 9.05 Å². The van der Waals surface area contributed by atoms with Crippen LogP contribution in [0, 0.1) is 5.92 Å². The number of hydrogen-bond donors (Lipinski definition) is 0. The van der Waals surface area contributed by atoms with E-state index in [1.807, 2.05) is 6.08 Å². The Bertz CT molecular complexity index is 250. The predicted molar refractivity (Wildman–Crippen MR) is 50.7 cm³/mol. The molecule has 0 aromatic carbocycles. The van der Waals surface area contributed by atoms with Crippen molar-refractivity contribution in [3.8, 4) is 0 Å². The molecule has 0 radical (unpaired) electrons. The first kappa shape index (κ1) is 10.1. The van der Waals surface area contributed by atoms with E-state index in [-0.39, 0.29) is 5.75 Å². The zero-order valence-corrected chi connectivity index (χ0v) is 8.44. The second kappa shape index (κ2) is 4.28. The number of rotatable bonds is 3. The fourth-order valence-electron chi connectivity index (χ4n) is 1.51. The largest absolute Gasteiger partial charge is 0.236 e. The van der Waals surface area contributed by atoms with Crippen molar-refractivity contribution in [2.45, 2.75) is 25.7 Å². The predicted octanol–water partition coefficient (Wildman–Crippen LogP) is 2.30. The van der Waals surface area contributed by atoms with Crippen LogP contribution in [0.15, 0.2) is 12.2 Å². The van der Waals surface area contributed by atoms with Gasteiger partial charge in [0, 0.05) is 10.7 Å². The van der Waals surface area contributed by atoms with Crippen molar-refractivity contribution >= 4 is 19.7 Å². The van der Waals surface area contributed by atoms with E-state index in [0.29, 0.717) is 5.92 Å². The highest BCUT2D eigenvalue weighted by molar-refractivity contribution is 8.13. The standard InChI is InChI=1S/C8H13ClO2S/c9-12(10,11)7-3-6-8-4-1-2-5-8/h3,6,8H,1-2,4-5,7H2/b6-3+. The van der Waals surface area contributed by atoms with Crippen LogP contribution in [0.1, 0.15) is 25.7 Å². The molecule has 0 aromatic heterocycles. The Morgan fingerprint density at radius 3 is 2.42 bits per heavy atom. The third-order valence-corrected chi connectivity index (χ3v) is 3.07. The summed E-state index contributed by atoms with van der Waals surface area (Å²) in [5, 5.41) is 0. The Morgan fingerprint density at radius 2 is 1.92 bits per heavy atom. The molecular weight excluding hydrogens is 196 g/mol. The summed E-state index contributed by atoms with van der Waals surface area (Å²) >= 11 is 0. The quantitative estimate of drug-likeness (QED) is 0.527. The van der Waals surface area contributed by atoms with E-state index in [0.717, 1.165) is 0 Å². The van der Waals surface area contributed by atoms with E-state index in [2.05, 4.69) is 0 Å². The molecule has 0 amide bonds. The molecule has 4 heteroatoms. The van der Waals surface area contributed by atoms with Gasteiger partial charge in [-0.25, -0.2) is 8.42 Å².